The highest BCUT2D eigenvalue weighted by Crippen LogP contribution is 2.44. The fourth-order valence-electron chi connectivity index (χ4n) is 4.70. The maximum absolute atomic E-state index is 13.9. The number of carbonyl (C=O) groups excluding carboxylic acids is 1. The van der Waals surface area contributed by atoms with Gasteiger partial charge < -0.3 is 29.6 Å². The number of hydrogen-bond donors (Lipinski definition) is 2. The Morgan fingerprint density at radius 3 is 2.33 bits per heavy atom. The summed E-state index contributed by atoms with van der Waals surface area (Å²) in [4.78, 5) is 18.6. The fourth-order valence-corrected chi connectivity index (χ4v) is 5.47. The van der Waals surface area contributed by atoms with E-state index in [4.69, 9.17) is 24.0 Å². The minimum atomic E-state index is -0.704. The number of nitrogens with zero attached hydrogens (tertiary/aromatic N) is 3. The van der Waals surface area contributed by atoms with E-state index in [1.165, 1.54) is 45.2 Å². The Morgan fingerprint density at radius 2 is 1.71 bits per heavy atom. The molecule has 2 heterocycles. The Balaban J connectivity index is 1.56. The van der Waals surface area contributed by atoms with Gasteiger partial charge in [0.1, 0.15) is 17.6 Å². The molecule has 12 heteroatoms. The monoisotopic (exact) mass is 591 g/mol. The van der Waals surface area contributed by atoms with Crippen LogP contribution in [0.15, 0.2) is 77.1 Å². The summed E-state index contributed by atoms with van der Waals surface area (Å²) >= 11 is 1.36. The molecule has 218 valence electrons. The third-order valence-electron chi connectivity index (χ3n) is 6.69. The highest BCUT2D eigenvalue weighted by atomic mass is 32.2. The van der Waals surface area contributed by atoms with Gasteiger partial charge in [-0.1, -0.05) is 23.9 Å². The highest BCUT2D eigenvalue weighted by molar-refractivity contribution is 7.98. The molecule has 1 aliphatic heterocycles. The van der Waals surface area contributed by atoms with Crippen LogP contribution in [0.3, 0.4) is 0 Å². The van der Waals surface area contributed by atoms with Gasteiger partial charge in [0.05, 0.1) is 34.0 Å². The van der Waals surface area contributed by atoms with Crippen molar-refractivity contribution in [2.24, 2.45) is 0 Å². The van der Waals surface area contributed by atoms with Gasteiger partial charge in [0, 0.05) is 17.1 Å². The lowest BCUT2D eigenvalue weighted by Crippen LogP contribution is -2.31. The number of benzene rings is 3. The van der Waals surface area contributed by atoms with Crippen LogP contribution in [-0.4, -0.2) is 49.1 Å². The molecule has 1 atom stereocenters. The van der Waals surface area contributed by atoms with Crippen LogP contribution >= 0.6 is 11.8 Å². The van der Waals surface area contributed by atoms with Gasteiger partial charge in [-0.25, -0.2) is 9.07 Å². The van der Waals surface area contributed by atoms with Crippen LogP contribution in [0.4, 0.5) is 16.0 Å². The van der Waals surface area contributed by atoms with Crippen molar-refractivity contribution in [3.63, 3.8) is 0 Å². The van der Waals surface area contributed by atoms with Gasteiger partial charge >= 0.3 is 0 Å². The minimum absolute atomic E-state index is 0.304. The normalized spacial score (nSPS) is 14.1. The number of methoxy groups -OCH3 is 4. The van der Waals surface area contributed by atoms with Crippen molar-refractivity contribution in [1.82, 2.24) is 14.8 Å². The standard InChI is InChI=1S/C30H30FN5O5S/c1-17-25(28(37)33-21-9-11-22(38-2)12-10-21)26(19-14-23(39-3)27(41-5)24(15-19)40-4)36-29(32-17)34-30(35-36)42-16-18-7-6-8-20(31)13-18/h6-15,26H,16H2,1-5H3,(H,33,37)(H,32,34,35). The largest absolute Gasteiger partial charge is 0.497 e. The molecular formula is C30H30FN5O5S. The number of nitrogens with one attached hydrogen (secondary N) is 2. The summed E-state index contributed by atoms with van der Waals surface area (Å²) in [5.74, 6) is 2.24. The number of hydrogen-bond acceptors (Lipinski definition) is 9. The van der Waals surface area contributed by atoms with E-state index >= 15 is 0 Å². The number of amides is 1. The molecule has 5 rings (SSSR count). The lowest BCUT2D eigenvalue weighted by molar-refractivity contribution is -0.113. The highest BCUT2D eigenvalue weighted by Gasteiger charge is 2.35. The van der Waals surface area contributed by atoms with Crippen molar-refractivity contribution >= 4 is 29.3 Å². The molecule has 0 aliphatic carbocycles. The molecule has 0 saturated heterocycles. The predicted octanol–water partition coefficient (Wildman–Crippen LogP) is 5.67. The number of thioether (sulfide) groups is 1. The van der Waals surface area contributed by atoms with Crippen LogP contribution in [0.1, 0.15) is 24.1 Å². The van der Waals surface area contributed by atoms with E-state index in [1.807, 2.05) is 13.0 Å². The van der Waals surface area contributed by atoms with Crippen molar-refractivity contribution in [2.45, 2.75) is 23.9 Å². The molecule has 3 aromatic carbocycles. The molecule has 0 spiro atoms. The Labute approximate surface area is 246 Å². The summed E-state index contributed by atoms with van der Waals surface area (Å²) < 4.78 is 37.4. The molecule has 1 unspecified atom stereocenters. The molecule has 2 N–H and O–H groups in total. The van der Waals surface area contributed by atoms with E-state index in [-0.39, 0.29) is 11.7 Å². The molecule has 0 fully saturated rings. The maximum atomic E-state index is 13.9. The van der Waals surface area contributed by atoms with E-state index in [9.17, 15) is 9.18 Å². The molecule has 0 bridgehead atoms. The van der Waals surface area contributed by atoms with Gasteiger partial charge in [0.2, 0.25) is 16.9 Å². The maximum Gasteiger partial charge on any atom is 0.255 e. The second kappa shape index (κ2) is 12.4. The molecule has 42 heavy (non-hydrogen) atoms. The number of rotatable bonds is 10. The van der Waals surface area contributed by atoms with Crippen LogP contribution < -0.4 is 29.6 Å². The van der Waals surface area contributed by atoms with E-state index in [0.717, 1.165) is 5.56 Å². The van der Waals surface area contributed by atoms with Crippen molar-refractivity contribution in [1.29, 1.82) is 0 Å². The topological polar surface area (TPSA) is 109 Å². The number of ether oxygens (including phenoxy) is 4. The summed E-state index contributed by atoms with van der Waals surface area (Å²) in [5.41, 5.74) is 3.08. The van der Waals surface area contributed by atoms with Crippen molar-refractivity contribution in [3.8, 4) is 23.0 Å². The molecule has 4 aromatic rings. The smallest absolute Gasteiger partial charge is 0.255 e. The summed E-state index contributed by atoms with van der Waals surface area (Å²) in [6.07, 6.45) is 0. The SMILES string of the molecule is COc1ccc(NC(=O)C2=C(C)Nc3nc(SCc4cccc(F)c4)nn3C2c2cc(OC)c(OC)c(OC)c2)cc1. The van der Waals surface area contributed by atoms with Crippen LogP contribution in [0.25, 0.3) is 0 Å². The molecule has 1 aromatic heterocycles. The number of anilines is 2. The lowest BCUT2D eigenvalue weighted by atomic mass is 9.94. The zero-order chi connectivity index (χ0) is 29.8. The van der Waals surface area contributed by atoms with Gasteiger partial charge in [0.15, 0.2) is 11.5 Å². The summed E-state index contributed by atoms with van der Waals surface area (Å²) in [7, 11) is 6.17. The first-order valence-corrected chi connectivity index (χ1v) is 13.9. The molecule has 1 aliphatic rings. The Kier molecular flexibility index (Phi) is 8.53. The third kappa shape index (κ3) is 5.84. The van der Waals surface area contributed by atoms with Gasteiger partial charge in [0.25, 0.3) is 5.91 Å². The molecule has 10 nitrogen and oxygen atoms in total. The average Bonchev–Trinajstić information content (AvgIpc) is 3.41. The zero-order valence-corrected chi connectivity index (χ0v) is 24.5. The van der Waals surface area contributed by atoms with Crippen LogP contribution in [0.5, 0.6) is 23.0 Å². The van der Waals surface area contributed by atoms with E-state index in [0.29, 0.717) is 62.4 Å². The van der Waals surface area contributed by atoms with E-state index in [2.05, 4.69) is 15.6 Å². The minimum Gasteiger partial charge on any atom is -0.497 e. The molecular weight excluding hydrogens is 561 g/mol. The van der Waals surface area contributed by atoms with Gasteiger partial charge in [-0.3, -0.25) is 4.79 Å². The van der Waals surface area contributed by atoms with Crippen molar-refractivity contribution in [3.05, 3.63) is 88.9 Å². The number of fused-ring (bicyclic) bond motifs is 1. The average molecular weight is 592 g/mol. The molecule has 1 amide bonds. The van der Waals surface area contributed by atoms with E-state index in [1.54, 1.807) is 54.3 Å². The second-order valence-corrected chi connectivity index (χ2v) is 10.2. The number of halogens is 1. The summed E-state index contributed by atoms with van der Waals surface area (Å²) in [5, 5.41) is 11.4. The van der Waals surface area contributed by atoms with Crippen LogP contribution in [0.2, 0.25) is 0 Å². The first-order chi connectivity index (χ1) is 20.3. The van der Waals surface area contributed by atoms with Crippen LogP contribution in [-0.2, 0) is 10.5 Å². The molecule has 0 radical (unpaired) electrons. The zero-order valence-electron chi connectivity index (χ0n) is 23.7. The van der Waals surface area contributed by atoms with Gasteiger partial charge in [-0.2, -0.15) is 4.98 Å². The third-order valence-corrected chi connectivity index (χ3v) is 7.59. The summed E-state index contributed by atoms with van der Waals surface area (Å²) in [6, 6.07) is 16.3. The van der Waals surface area contributed by atoms with Gasteiger partial charge in [-0.05, 0) is 66.6 Å². The molecule has 0 saturated carbocycles. The summed E-state index contributed by atoms with van der Waals surface area (Å²) in [6.45, 7) is 1.81. The fraction of sp³-hybridized carbons (Fsp3) is 0.233. The Morgan fingerprint density at radius 1 is 1.00 bits per heavy atom. The predicted molar refractivity (Wildman–Crippen MR) is 158 cm³/mol. The van der Waals surface area contributed by atoms with Crippen molar-refractivity contribution in [2.75, 3.05) is 39.1 Å². The van der Waals surface area contributed by atoms with E-state index < -0.39 is 6.04 Å². The first-order valence-electron chi connectivity index (χ1n) is 12.9. The first kappa shape index (κ1) is 28.8. The number of carbonyl (C=O) groups is 1. The quantitative estimate of drug-likeness (QED) is 0.226. The number of allylic oxidation sites excluding steroid dienone is 1. The lowest BCUT2D eigenvalue weighted by Gasteiger charge is -2.29. The van der Waals surface area contributed by atoms with Gasteiger partial charge in [-0.15, -0.1) is 5.10 Å². The number of aromatic nitrogens is 3. The van der Waals surface area contributed by atoms with Crippen molar-refractivity contribution < 1.29 is 28.1 Å². The Hall–Kier alpha value is -4.71. The van der Waals surface area contributed by atoms with Crippen LogP contribution in [0, 0.1) is 5.82 Å². The Bertz CT molecular complexity index is 1610. The second-order valence-electron chi connectivity index (χ2n) is 9.29.